The summed E-state index contributed by atoms with van der Waals surface area (Å²) < 4.78 is 5.59. The lowest BCUT2D eigenvalue weighted by atomic mass is 10.0. The molecule has 0 aromatic heterocycles. The van der Waals surface area contributed by atoms with Gasteiger partial charge in [-0.25, -0.2) is 0 Å². The highest BCUT2D eigenvalue weighted by atomic mass is 16.5. The fraction of sp³-hybridized carbons (Fsp3) is 0.533. The average Bonchev–Trinajstić information content (AvgIpc) is 2.45. The first-order chi connectivity index (χ1) is 8.95. The number of nitrogens with zero attached hydrogens (tertiary/aromatic N) is 1. The third-order valence-corrected chi connectivity index (χ3v) is 3.74. The highest BCUT2D eigenvalue weighted by Crippen LogP contribution is 2.29. The topological polar surface area (TPSA) is 41.6 Å². The van der Waals surface area contributed by atoms with E-state index < -0.39 is 5.54 Å². The molecule has 2 rings (SSSR count). The number of carbonyl (C=O) groups is 1. The van der Waals surface area contributed by atoms with E-state index in [1.807, 2.05) is 33.0 Å². The maximum Gasteiger partial charge on any atom is 0.246 e. The predicted octanol–water partition coefficient (Wildman–Crippen LogP) is 1.97. The smallest absolute Gasteiger partial charge is 0.246 e. The van der Waals surface area contributed by atoms with Crippen molar-refractivity contribution in [3.05, 3.63) is 23.8 Å². The summed E-state index contributed by atoms with van der Waals surface area (Å²) in [6.45, 7) is 4.55. The lowest BCUT2D eigenvalue weighted by Gasteiger charge is -2.29. The Morgan fingerprint density at radius 2 is 2.16 bits per heavy atom. The highest BCUT2D eigenvalue weighted by molar-refractivity contribution is 5.99. The molecule has 1 amide bonds. The van der Waals surface area contributed by atoms with Gasteiger partial charge in [0.2, 0.25) is 5.91 Å². The van der Waals surface area contributed by atoms with E-state index in [9.17, 15) is 4.79 Å². The van der Waals surface area contributed by atoms with E-state index in [4.69, 9.17) is 4.74 Å². The van der Waals surface area contributed by atoms with Crippen LogP contribution < -0.4 is 15.0 Å². The van der Waals surface area contributed by atoms with Crippen LogP contribution in [-0.4, -0.2) is 32.1 Å². The number of nitrogens with one attached hydrogen (secondary N) is 1. The summed E-state index contributed by atoms with van der Waals surface area (Å²) in [6.07, 6.45) is 2.05. The quantitative estimate of drug-likeness (QED) is 0.905. The first-order valence-electron chi connectivity index (χ1n) is 6.68. The van der Waals surface area contributed by atoms with Gasteiger partial charge in [0.25, 0.3) is 0 Å². The normalized spacial score (nSPS) is 14.5. The van der Waals surface area contributed by atoms with Crippen LogP contribution >= 0.6 is 0 Å². The molecule has 0 radical (unpaired) electrons. The first-order valence-corrected chi connectivity index (χ1v) is 6.68. The van der Waals surface area contributed by atoms with Gasteiger partial charge in [-0.05, 0) is 57.5 Å². The van der Waals surface area contributed by atoms with E-state index in [1.54, 1.807) is 11.9 Å². The zero-order chi connectivity index (χ0) is 14.0. The summed E-state index contributed by atoms with van der Waals surface area (Å²) in [4.78, 5) is 14.1. The molecule has 4 nitrogen and oxygen atoms in total. The van der Waals surface area contributed by atoms with Crippen LogP contribution in [0.4, 0.5) is 5.69 Å². The summed E-state index contributed by atoms with van der Waals surface area (Å²) in [7, 11) is 3.61. The number of rotatable bonds is 3. The lowest BCUT2D eigenvalue weighted by molar-refractivity contribution is -0.123. The molecule has 0 saturated carbocycles. The highest BCUT2D eigenvalue weighted by Gasteiger charge is 2.29. The predicted molar refractivity (Wildman–Crippen MR) is 76.8 cm³/mol. The Morgan fingerprint density at radius 1 is 1.42 bits per heavy atom. The van der Waals surface area contributed by atoms with Crippen molar-refractivity contribution in [2.24, 2.45) is 0 Å². The number of likely N-dealkylation sites (N-methyl/N-ethyl adjacent to an activating group) is 2. The zero-order valence-corrected chi connectivity index (χ0v) is 12.1. The Labute approximate surface area is 114 Å². The second kappa shape index (κ2) is 5.21. The van der Waals surface area contributed by atoms with E-state index in [0.29, 0.717) is 0 Å². The number of carbonyl (C=O) groups excluding carboxylic acids is 1. The van der Waals surface area contributed by atoms with Gasteiger partial charge in [0.15, 0.2) is 0 Å². The molecule has 0 fully saturated rings. The molecule has 104 valence electrons. The maximum absolute atomic E-state index is 12.4. The van der Waals surface area contributed by atoms with E-state index in [1.165, 1.54) is 5.56 Å². The standard InChI is InChI=1S/C15H22N2O2/c1-15(2,16-3)14(18)17(4)12-7-8-13-11(10-12)6-5-9-19-13/h7-8,10,16H,5-6,9H2,1-4H3. The minimum absolute atomic E-state index is 0.0478. The molecule has 1 N–H and O–H groups in total. The van der Waals surface area contributed by atoms with Gasteiger partial charge in [-0.3, -0.25) is 4.79 Å². The van der Waals surface area contributed by atoms with Crippen LogP contribution in [-0.2, 0) is 11.2 Å². The molecule has 1 aromatic carbocycles. The van der Waals surface area contributed by atoms with Crippen molar-refractivity contribution in [1.82, 2.24) is 5.32 Å². The number of aryl methyl sites for hydroxylation is 1. The van der Waals surface area contributed by atoms with Crippen LogP contribution in [0.1, 0.15) is 25.8 Å². The van der Waals surface area contributed by atoms with Gasteiger partial charge in [-0.1, -0.05) is 0 Å². The number of ether oxygens (including phenoxy) is 1. The second-order valence-electron chi connectivity index (χ2n) is 5.48. The number of anilines is 1. The molecule has 0 spiro atoms. The molecule has 0 saturated heterocycles. The molecule has 1 heterocycles. The van der Waals surface area contributed by atoms with Crippen LogP contribution in [0.3, 0.4) is 0 Å². The average molecular weight is 262 g/mol. The monoisotopic (exact) mass is 262 g/mol. The Kier molecular flexibility index (Phi) is 3.80. The van der Waals surface area contributed by atoms with Crippen molar-refractivity contribution in [2.45, 2.75) is 32.2 Å². The molecule has 0 bridgehead atoms. The van der Waals surface area contributed by atoms with Crippen LogP contribution in [0, 0.1) is 0 Å². The van der Waals surface area contributed by atoms with Crippen LogP contribution in [0.5, 0.6) is 5.75 Å². The Bertz CT molecular complexity index is 483. The van der Waals surface area contributed by atoms with Gasteiger partial charge in [-0.15, -0.1) is 0 Å². The van der Waals surface area contributed by atoms with Crippen molar-refractivity contribution in [2.75, 3.05) is 25.6 Å². The molecule has 0 unspecified atom stereocenters. The molecule has 0 atom stereocenters. The van der Waals surface area contributed by atoms with Gasteiger partial charge < -0.3 is 15.0 Å². The number of hydrogen-bond acceptors (Lipinski definition) is 3. The number of hydrogen-bond donors (Lipinski definition) is 1. The van der Waals surface area contributed by atoms with Gasteiger partial charge in [0.1, 0.15) is 5.75 Å². The summed E-state index contributed by atoms with van der Waals surface area (Å²) in [6, 6.07) is 5.95. The Balaban J connectivity index is 2.24. The minimum atomic E-state index is -0.568. The molecule has 0 aliphatic carbocycles. The van der Waals surface area contributed by atoms with Crippen molar-refractivity contribution in [3.63, 3.8) is 0 Å². The van der Waals surface area contributed by atoms with Crippen molar-refractivity contribution in [3.8, 4) is 5.75 Å². The summed E-state index contributed by atoms with van der Waals surface area (Å²) >= 11 is 0. The zero-order valence-electron chi connectivity index (χ0n) is 12.1. The molecule has 1 aliphatic heterocycles. The van der Waals surface area contributed by atoms with E-state index in [0.717, 1.165) is 30.9 Å². The van der Waals surface area contributed by atoms with Crippen LogP contribution in [0.25, 0.3) is 0 Å². The largest absolute Gasteiger partial charge is 0.493 e. The van der Waals surface area contributed by atoms with Gasteiger partial charge in [-0.2, -0.15) is 0 Å². The summed E-state index contributed by atoms with van der Waals surface area (Å²) in [5.74, 6) is 0.996. The summed E-state index contributed by atoms with van der Waals surface area (Å²) in [5.41, 5.74) is 1.53. The van der Waals surface area contributed by atoms with Crippen molar-refractivity contribution < 1.29 is 9.53 Å². The fourth-order valence-corrected chi connectivity index (χ4v) is 2.20. The number of amides is 1. The number of fused-ring (bicyclic) bond motifs is 1. The first kappa shape index (κ1) is 13.9. The van der Waals surface area contributed by atoms with Gasteiger partial charge >= 0.3 is 0 Å². The molecule has 1 aliphatic rings. The van der Waals surface area contributed by atoms with Crippen molar-refractivity contribution in [1.29, 1.82) is 0 Å². The van der Waals surface area contributed by atoms with Crippen molar-refractivity contribution >= 4 is 11.6 Å². The van der Waals surface area contributed by atoms with E-state index >= 15 is 0 Å². The maximum atomic E-state index is 12.4. The second-order valence-corrected chi connectivity index (χ2v) is 5.48. The van der Waals surface area contributed by atoms with Gasteiger partial charge in [0.05, 0.1) is 12.1 Å². The molecular formula is C15H22N2O2. The molecule has 1 aromatic rings. The van der Waals surface area contributed by atoms with Crippen LogP contribution in [0.2, 0.25) is 0 Å². The lowest BCUT2D eigenvalue weighted by Crippen LogP contribution is -2.51. The third-order valence-electron chi connectivity index (χ3n) is 3.74. The Morgan fingerprint density at radius 3 is 2.84 bits per heavy atom. The van der Waals surface area contributed by atoms with Crippen LogP contribution in [0.15, 0.2) is 18.2 Å². The molecular weight excluding hydrogens is 240 g/mol. The molecule has 4 heteroatoms. The number of benzene rings is 1. The Hall–Kier alpha value is -1.55. The molecule has 19 heavy (non-hydrogen) atoms. The third kappa shape index (κ3) is 2.73. The SMILES string of the molecule is CNC(C)(C)C(=O)N(C)c1ccc2c(c1)CCCO2. The fourth-order valence-electron chi connectivity index (χ4n) is 2.20. The van der Waals surface area contributed by atoms with E-state index in [-0.39, 0.29) is 5.91 Å². The van der Waals surface area contributed by atoms with Gasteiger partial charge in [0, 0.05) is 12.7 Å². The summed E-state index contributed by atoms with van der Waals surface area (Å²) in [5, 5.41) is 3.04. The minimum Gasteiger partial charge on any atom is -0.493 e. The van der Waals surface area contributed by atoms with E-state index in [2.05, 4.69) is 11.4 Å².